The van der Waals surface area contributed by atoms with Crippen molar-refractivity contribution in [3.63, 3.8) is 0 Å². The molecule has 2 aliphatic heterocycles. The first-order valence-electron chi connectivity index (χ1n) is 3.29. The molecule has 0 aromatic heterocycles. The molecule has 4 heteroatoms. The molecule has 2 heterocycles. The fraction of sp³-hybridized carbons (Fsp3) is 1.00. The zero-order valence-electron chi connectivity index (χ0n) is 5.60. The van der Waals surface area contributed by atoms with Crippen LogP contribution in [0.4, 0.5) is 4.39 Å². The van der Waals surface area contributed by atoms with Crippen LogP contribution in [0.2, 0.25) is 0 Å². The molecular formula is C6H11ClFNO. The molecule has 0 amide bonds. The van der Waals surface area contributed by atoms with Gasteiger partial charge in [-0.05, 0) is 0 Å². The highest BCUT2D eigenvalue weighted by Gasteiger charge is 2.47. The van der Waals surface area contributed by atoms with Gasteiger partial charge in [0.25, 0.3) is 0 Å². The molecule has 0 bridgehead atoms. The third-order valence-corrected chi connectivity index (χ3v) is 2.20. The van der Waals surface area contributed by atoms with Gasteiger partial charge >= 0.3 is 0 Å². The third-order valence-electron chi connectivity index (χ3n) is 2.20. The van der Waals surface area contributed by atoms with Crippen LogP contribution in [0.1, 0.15) is 0 Å². The Kier molecular flexibility index (Phi) is 2.18. The molecule has 0 aromatic rings. The molecule has 0 radical (unpaired) electrons. The van der Waals surface area contributed by atoms with Crippen molar-refractivity contribution in [3.8, 4) is 0 Å². The monoisotopic (exact) mass is 167 g/mol. The van der Waals surface area contributed by atoms with Crippen molar-refractivity contribution in [1.82, 2.24) is 5.32 Å². The summed E-state index contributed by atoms with van der Waals surface area (Å²) in [7, 11) is 0. The van der Waals surface area contributed by atoms with E-state index in [9.17, 15) is 4.39 Å². The van der Waals surface area contributed by atoms with E-state index in [-0.39, 0.29) is 18.3 Å². The lowest BCUT2D eigenvalue weighted by molar-refractivity contribution is 0.117. The summed E-state index contributed by atoms with van der Waals surface area (Å²) in [6.45, 7) is 2.17. The average Bonchev–Trinajstić information content (AvgIpc) is 2.22. The van der Waals surface area contributed by atoms with E-state index in [1.54, 1.807) is 0 Å². The van der Waals surface area contributed by atoms with Crippen LogP contribution in [0.5, 0.6) is 0 Å². The second-order valence-electron chi connectivity index (χ2n) is 2.88. The van der Waals surface area contributed by atoms with Gasteiger partial charge in [0.05, 0.1) is 13.2 Å². The van der Waals surface area contributed by atoms with Gasteiger partial charge in [-0.3, -0.25) is 0 Å². The molecule has 0 aromatic carbocycles. The molecule has 0 aliphatic carbocycles. The van der Waals surface area contributed by atoms with Gasteiger partial charge in [-0.1, -0.05) is 0 Å². The molecule has 0 saturated carbocycles. The van der Waals surface area contributed by atoms with Crippen molar-refractivity contribution in [1.29, 1.82) is 0 Å². The third kappa shape index (κ3) is 1.02. The van der Waals surface area contributed by atoms with Crippen LogP contribution in [-0.2, 0) is 4.74 Å². The smallest absolute Gasteiger partial charge is 0.152 e. The lowest BCUT2D eigenvalue weighted by Gasteiger charge is -2.13. The molecular weight excluding hydrogens is 157 g/mol. The van der Waals surface area contributed by atoms with Crippen LogP contribution in [0.3, 0.4) is 0 Å². The van der Waals surface area contributed by atoms with E-state index in [0.717, 1.165) is 6.54 Å². The SMILES string of the molecule is Cl.FC12CNCC1COC2. The summed E-state index contributed by atoms with van der Waals surface area (Å²) in [6.07, 6.45) is 0. The van der Waals surface area contributed by atoms with Crippen molar-refractivity contribution in [3.05, 3.63) is 0 Å². The van der Waals surface area contributed by atoms with Crippen molar-refractivity contribution < 1.29 is 9.13 Å². The van der Waals surface area contributed by atoms with Crippen molar-refractivity contribution in [2.45, 2.75) is 5.67 Å². The summed E-state index contributed by atoms with van der Waals surface area (Å²) >= 11 is 0. The topological polar surface area (TPSA) is 21.3 Å². The van der Waals surface area contributed by atoms with Crippen molar-refractivity contribution >= 4 is 12.4 Å². The lowest BCUT2D eigenvalue weighted by atomic mass is 9.97. The van der Waals surface area contributed by atoms with Crippen molar-refractivity contribution in [2.75, 3.05) is 26.3 Å². The molecule has 2 rings (SSSR count). The Morgan fingerprint density at radius 2 is 2.40 bits per heavy atom. The maximum Gasteiger partial charge on any atom is 0.152 e. The van der Waals surface area contributed by atoms with Gasteiger partial charge in [0.15, 0.2) is 5.67 Å². The second kappa shape index (κ2) is 2.64. The number of halogens is 2. The van der Waals surface area contributed by atoms with Crippen LogP contribution >= 0.6 is 12.4 Å². The standard InChI is InChI=1S/C6H10FNO.ClH/c7-6-3-8-1-5(6)2-9-4-6;/h5,8H,1-4H2;1H. The van der Waals surface area contributed by atoms with E-state index < -0.39 is 5.67 Å². The van der Waals surface area contributed by atoms with E-state index in [4.69, 9.17) is 4.74 Å². The lowest BCUT2D eigenvalue weighted by Crippen LogP contribution is -2.31. The number of nitrogens with one attached hydrogen (secondary N) is 1. The largest absolute Gasteiger partial charge is 0.378 e. The summed E-state index contributed by atoms with van der Waals surface area (Å²) in [5.41, 5.74) is -1.03. The van der Waals surface area contributed by atoms with E-state index in [0.29, 0.717) is 19.8 Å². The number of alkyl halides is 1. The van der Waals surface area contributed by atoms with E-state index >= 15 is 0 Å². The quantitative estimate of drug-likeness (QED) is 0.563. The highest BCUT2D eigenvalue weighted by atomic mass is 35.5. The Bertz CT molecular complexity index is 123. The molecule has 2 unspecified atom stereocenters. The predicted octanol–water partition coefficient (Wildman–Crippen LogP) is 0.366. The normalized spacial score (nSPS) is 44.7. The summed E-state index contributed by atoms with van der Waals surface area (Å²) in [5.74, 6) is 0.123. The first kappa shape index (κ1) is 8.24. The number of rotatable bonds is 0. The zero-order valence-corrected chi connectivity index (χ0v) is 6.42. The minimum Gasteiger partial charge on any atom is -0.378 e. The number of hydrogen-bond acceptors (Lipinski definition) is 2. The maximum absolute atomic E-state index is 13.3. The molecule has 0 spiro atoms. The maximum atomic E-state index is 13.3. The van der Waals surface area contributed by atoms with Gasteiger partial charge in [-0.25, -0.2) is 4.39 Å². The van der Waals surface area contributed by atoms with Crippen LogP contribution in [0.25, 0.3) is 0 Å². The van der Waals surface area contributed by atoms with Crippen LogP contribution in [0, 0.1) is 5.92 Å². The molecule has 60 valence electrons. The van der Waals surface area contributed by atoms with Gasteiger partial charge in [0, 0.05) is 19.0 Å². The van der Waals surface area contributed by atoms with Gasteiger partial charge in [0.1, 0.15) is 0 Å². The highest BCUT2D eigenvalue weighted by molar-refractivity contribution is 5.85. The van der Waals surface area contributed by atoms with E-state index in [1.165, 1.54) is 0 Å². The Balaban J connectivity index is 0.000000500. The number of ether oxygens (including phenoxy) is 1. The first-order valence-corrected chi connectivity index (χ1v) is 3.29. The highest BCUT2D eigenvalue weighted by Crippen LogP contribution is 2.32. The van der Waals surface area contributed by atoms with Gasteiger partial charge in [0.2, 0.25) is 0 Å². The van der Waals surface area contributed by atoms with E-state index in [1.807, 2.05) is 0 Å². The van der Waals surface area contributed by atoms with Crippen LogP contribution in [0.15, 0.2) is 0 Å². The van der Waals surface area contributed by atoms with E-state index in [2.05, 4.69) is 5.32 Å². The zero-order chi connectivity index (χ0) is 6.32. The fourth-order valence-electron chi connectivity index (χ4n) is 1.53. The Labute approximate surface area is 65.5 Å². The first-order chi connectivity index (χ1) is 4.31. The Morgan fingerprint density at radius 3 is 3.10 bits per heavy atom. The number of hydrogen-bond donors (Lipinski definition) is 1. The predicted molar refractivity (Wildman–Crippen MR) is 38.3 cm³/mol. The van der Waals surface area contributed by atoms with Crippen molar-refractivity contribution in [2.24, 2.45) is 5.92 Å². The number of fused-ring (bicyclic) bond motifs is 1. The summed E-state index contributed by atoms with van der Waals surface area (Å²) < 4.78 is 18.3. The molecule has 2 nitrogen and oxygen atoms in total. The molecule has 1 N–H and O–H groups in total. The summed E-state index contributed by atoms with van der Waals surface area (Å²) in [5, 5.41) is 3.01. The van der Waals surface area contributed by atoms with Gasteiger partial charge in [-0.2, -0.15) is 0 Å². The minimum atomic E-state index is -1.03. The molecule has 2 fully saturated rings. The summed E-state index contributed by atoms with van der Waals surface area (Å²) in [6, 6.07) is 0. The summed E-state index contributed by atoms with van der Waals surface area (Å²) in [4.78, 5) is 0. The van der Waals surface area contributed by atoms with Crippen LogP contribution in [-0.4, -0.2) is 32.0 Å². The Morgan fingerprint density at radius 1 is 1.60 bits per heavy atom. The second-order valence-corrected chi connectivity index (χ2v) is 2.88. The molecule has 2 atom stereocenters. The average molecular weight is 168 g/mol. The molecule has 2 aliphatic rings. The van der Waals surface area contributed by atoms with Crippen LogP contribution < -0.4 is 5.32 Å². The van der Waals surface area contributed by atoms with Gasteiger partial charge in [-0.15, -0.1) is 12.4 Å². The minimum absolute atomic E-state index is 0. The Hall–Kier alpha value is 0.140. The molecule has 10 heavy (non-hydrogen) atoms. The fourth-order valence-corrected chi connectivity index (χ4v) is 1.53. The molecule has 2 saturated heterocycles. The van der Waals surface area contributed by atoms with Gasteiger partial charge < -0.3 is 10.1 Å².